The van der Waals surface area contributed by atoms with E-state index >= 15 is 0 Å². The Morgan fingerprint density at radius 3 is 2.36 bits per heavy atom. The highest BCUT2D eigenvalue weighted by Crippen LogP contribution is 2.55. The average molecular weight is 160 g/mol. The van der Waals surface area contributed by atoms with Gasteiger partial charge in [-0.05, 0) is 0 Å². The molecule has 0 aromatic heterocycles. The van der Waals surface area contributed by atoms with E-state index in [4.69, 9.17) is 10.2 Å². The van der Waals surface area contributed by atoms with Gasteiger partial charge in [0.15, 0.2) is 6.29 Å². The zero-order valence-electron chi connectivity index (χ0n) is 6.52. The molecule has 1 rings (SSSR count). The Bertz CT molecular complexity index is 164. The van der Waals surface area contributed by atoms with Gasteiger partial charge in [-0.3, -0.25) is 4.79 Å². The molecule has 2 N–H and O–H groups in total. The zero-order valence-corrected chi connectivity index (χ0v) is 6.52. The van der Waals surface area contributed by atoms with Crippen molar-refractivity contribution in [3.05, 3.63) is 0 Å². The molecule has 0 amide bonds. The van der Waals surface area contributed by atoms with Gasteiger partial charge in [-0.25, -0.2) is 0 Å². The van der Waals surface area contributed by atoms with Crippen LogP contribution in [0.15, 0.2) is 0 Å². The highest BCUT2D eigenvalue weighted by molar-refractivity contribution is 5.39. The molecule has 64 valence electrons. The standard InChI is InChI=1S/C7H12O4/c1-7(2)4(6(9)10)5(7)11-3-8/h3-6,9-10H,1-2H3. The fourth-order valence-corrected chi connectivity index (χ4v) is 1.49. The predicted molar refractivity (Wildman–Crippen MR) is 36.4 cm³/mol. The maximum absolute atomic E-state index is 9.93. The number of ether oxygens (including phenoxy) is 1. The third-order valence-corrected chi connectivity index (χ3v) is 2.33. The Balaban J connectivity index is 2.53. The number of carbonyl (C=O) groups is 1. The molecule has 1 aliphatic rings. The molecule has 2 atom stereocenters. The zero-order chi connectivity index (χ0) is 8.65. The van der Waals surface area contributed by atoms with Crippen molar-refractivity contribution in [3.8, 4) is 0 Å². The van der Waals surface area contributed by atoms with Crippen LogP contribution in [-0.4, -0.2) is 29.1 Å². The second kappa shape index (κ2) is 2.46. The first kappa shape index (κ1) is 8.49. The van der Waals surface area contributed by atoms with E-state index in [0.29, 0.717) is 6.47 Å². The highest BCUT2D eigenvalue weighted by atomic mass is 16.5. The molecule has 0 heterocycles. The number of hydrogen-bond donors (Lipinski definition) is 2. The average Bonchev–Trinajstić information content (AvgIpc) is 2.35. The fourth-order valence-electron chi connectivity index (χ4n) is 1.49. The lowest BCUT2D eigenvalue weighted by atomic mass is 10.1. The second-order valence-electron chi connectivity index (χ2n) is 3.41. The van der Waals surface area contributed by atoms with Crippen molar-refractivity contribution in [3.63, 3.8) is 0 Å². The van der Waals surface area contributed by atoms with Crippen molar-refractivity contribution in [2.75, 3.05) is 0 Å². The molecule has 0 bridgehead atoms. The predicted octanol–water partition coefficient (Wildman–Crippen LogP) is -0.505. The van der Waals surface area contributed by atoms with Crippen molar-refractivity contribution in [2.45, 2.75) is 26.2 Å². The Labute approximate surface area is 64.8 Å². The van der Waals surface area contributed by atoms with Gasteiger partial charge in [0, 0.05) is 5.41 Å². The summed E-state index contributed by atoms with van der Waals surface area (Å²) in [5.41, 5.74) is -0.297. The third kappa shape index (κ3) is 1.23. The summed E-state index contributed by atoms with van der Waals surface area (Å²) < 4.78 is 4.64. The van der Waals surface area contributed by atoms with Gasteiger partial charge in [-0.1, -0.05) is 13.8 Å². The summed E-state index contributed by atoms with van der Waals surface area (Å²) in [6.45, 7) is 3.99. The SMILES string of the molecule is CC1(C)C(OC=O)C1C(O)O. The van der Waals surface area contributed by atoms with E-state index in [0.717, 1.165) is 0 Å². The van der Waals surface area contributed by atoms with Crippen molar-refractivity contribution in [2.24, 2.45) is 11.3 Å². The van der Waals surface area contributed by atoms with E-state index < -0.39 is 6.29 Å². The van der Waals surface area contributed by atoms with Crippen LogP contribution in [0, 0.1) is 11.3 Å². The lowest BCUT2D eigenvalue weighted by molar-refractivity contribution is -0.132. The molecule has 0 aromatic carbocycles. The van der Waals surface area contributed by atoms with Crippen LogP contribution in [0.3, 0.4) is 0 Å². The Kier molecular flexibility index (Phi) is 1.90. The quantitative estimate of drug-likeness (QED) is 0.431. The molecule has 0 radical (unpaired) electrons. The molecule has 0 saturated heterocycles. The van der Waals surface area contributed by atoms with Crippen LogP contribution in [0.5, 0.6) is 0 Å². The Hall–Kier alpha value is -0.610. The van der Waals surface area contributed by atoms with Crippen LogP contribution >= 0.6 is 0 Å². The van der Waals surface area contributed by atoms with Gasteiger partial charge < -0.3 is 14.9 Å². The normalized spacial score (nSPS) is 33.5. The van der Waals surface area contributed by atoms with Crippen LogP contribution < -0.4 is 0 Å². The molecule has 1 aliphatic carbocycles. The summed E-state index contributed by atoms with van der Waals surface area (Å²) in [5.74, 6) is -0.340. The molecule has 0 aliphatic heterocycles. The number of aliphatic hydroxyl groups is 2. The molecule has 4 heteroatoms. The van der Waals surface area contributed by atoms with Crippen LogP contribution in [0.4, 0.5) is 0 Å². The fraction of sp³-hybridized carbons (Fsp3) is 0.857. The Morgan fingerprint density at radius 1 is 1.55 bits per heavy atom. The number of carbonyl (C=O) groups excluding carboxylic acids is 1. The Morgan fingerprint density at radius 2 is 2.09 bits per heavy atom. The van der Waals surface area contributed by atoms with E-state index in [1.807, 2.05) is 13.8 Å². The molecule has 2 unspecified atom stereocenters. The maximum Gasteiger partial charge on any atom is 0.293 e. The summed E-state index contributed by atoms with van der Waals surface area (Å²) in [4.78, 5) is 9.93. The molecular formula is C7H12O4. The monoisotopic (exact) mass is 160 g/mol. The molecule has 1 fully saturated rings. The highest BCUT2D eigenvalue weighted by Gasteiger charge is 2.63. The van der Waals surface area contributed by atoms with Crippen molar-refractivity contribution < 1.29 is 19.7 Å². The van der Waals surface area contributed by atoms with Crippen LogP contribution in [0.1, 0.15) is 13.8 Å². The van der Waals surface area contributed by atoms with Crippen LogP contribution in [0.25, 0.3) is 0 Å². The van der Waals surface area contributed by atoms with Crippen LogP contribution in [-0.2, 0) is 9.53 Å². The van der Waals surface area contributed by atoms with Crippen molar-refractivity contribution in [1.82, 2.24) is 0 Å². The van der Waals surface area contributed by atoms with Crippen molar-refractivity contribution >= 4 is 6.47 Å². The van der Waals surface area contributed by atoms with E-state index in [-0.39, 0.29) is 17.4 Å². The van der Waals surface area contributed by atoms with Gasteiger partial charge in [-0.15, -0.1) is 0 Å². The van der Waals surface area contributed by atoms with Gasteiger partial charge >= 0.3 is 0 Å². The van der Waals surface area contributed by atoms with Gasteiger partial charge in [0.1, 0.15) is 6.10 Å². The van der Waals surface area contributed by atoms with Gasteiger partial charge in [-0.2, -0.15) is 0 Å². The summed E-state index contributed by atoms with van der Waals surface area (Å²) in [6, 6.07) is 0. The summed E-state index contributed by atoms with van der Waals surface area (Å²) in [5, 5.41) is 17.6. The van der Waals surface area contributed by atoms with E-state index in [1.165, 1.54) is 0 Å². The first-order valence-corrected chi connectivity index (χ1v) is 3.47. The topological polar surface area (TPSA) is 66.8 Å². The second-order valence-corrected chi connectivity index (χ2v) is 3.41. The number of aliphatic hydroxyl groups excluding tert-OH is 1. The minimum atomic E-state index is -1.39. The van der Waals surface area contributed by atoms with Gasteiger partial charge in [0.2, 0.25) is 0 Å². The maximum atomic E-state index is 9.93. The van der Waals surface area contributed by atoms with Gasteiger partial charge in [0.05, 0.1) is 5.92 Å². The number of rotatable bonds is 3. The van der Waals surface area contributed by atoms with E-state index in [9.17, 15) is 4.79 Å². The minimum absolute atomic E-state index is 0.297. The number of hydrogen-bond acceptors (Lipinski definition) is 4. The molecular weight excluding hydrogens is 148 g/mol. The molecule has 4 nitrogen and oxygen atoms in total. The van der Waals surface area contributed by atoms with Gasteiger partial charge in [0.25, 0.3) is 6.47 Å². The smallest absolute Gasteiger partial charge is 0.293 e. The molecule has 11 heavy (non-hydrogen) atoms. The molecule has 0 spiro atoms. The lowest BCUT2D eigenvalue weighted by Crippen LogP contribution is -2.12. The third-order valence-electron chi connectivity index (χ3n) is 2.33. The minimum Gasteiger partial charge on any atom is -0.463 e. The van der Waals surface area contributed by atoms with E-state index in [2.05, 4.69) is 4.74 Å². The first-order valence-electron chi connectivity index (χ1n) is 3.47. The molecule has 1 saturated carbocycles. The largest absolute Gasteiger partial charge is 0.463 e. The molecule has 0 aromatic rings. The van der Waals surface area contributed by atoms with Crippen molar-refractivity contribution in [1.29, 1.82) is 0 Å². The summed E-state index contributed by atoms with van der Waals surface area (Å²) >= 11 is 0. The van der Waals surface area contributed by atoms with E-state index in [1.54, 1.807) is 0 Å². The summed E-state index contributed by atoms with van der Waals surface area (Å²) in [6.07, 6.45) is -1.74. The first-order chi connectivity index (χ1) is 5.01. The lowest BCUT2D eigenvalue weighted by Gasteiger charge is -2.01. The van der Waals surface area contributed by atoms with Crippen LogP contribution in [0.2, 0.25) is 0 Å². The summed E-state index contributed by atoms with van der Waals surface area (Å²) in [7, 11) is 0.